The molecule has 0 saturated heterocycles. The first-order valence-corrected chi connectivity index (χ1v) is 7.63. The van der Waals surface area contributed by atoms with Crippen molar-refractivity contribution in [3.63, 3.8) is 0 Å². The summed E-state index contributed by atoms with van der Waals surface area (Å²) in [5, 5.41) is 12.6. The topological polar surface area (TPSA) is 44.3 Å². The van der Waals surface area contributed by atoms with Gasteiger partial charge in [0.1, 0.15) is 6.07 Å². The second kappa shape index (κ2) is 5.68. The molecular weight excluding hydrogens is 280 g/mol. The number of nitrogens with zero attached hydrogens (tertiary/aromatic N) is 4. The van der Waals surface area contributed by atoms with Gasteiger partial charge in [-0.15, -0.1) is 11.3 Å². The number of thiazole rings is 1. The van der Waals surface area contributed by atoms with E-state index in [4.69, 9.17) is 0 Å². The molecule has 0 aliphatic heterocycles. The summed E-state index contributed by atoms with van der Waals surface area (Å²) in [6.45, 7) is 3.55. The minimum atomic E-state index is 0.737. The predicted octanol–water partition coefficient (Wildman–Crippen LogP) is 3.21. The Labute approximate surface area is 127 Å². The molecule has 106 valence electrons. The molecule has 0 fully saturated rings. The van der Waals surface area contributed by atoms with Gasteiger partial charge in [-0.3, -0.25) is 4.90 Å². The monoisotopic (exact) mass is 296 g/mol. The average molecular weight is 296 g/mol. The Bertz CT molecular complexity index is 809. The third-order valence-corrected chi connectivity index (χ3v) is 4.24. The Hall–Kier alpha value is -2.16. The highest BCUT2D eigenvalue weighted by atomic mass is 32.1. The van der Waals surface area contributed by atoms with Crippen LogP contribution in [0, 0.1) is 18.3 Å². The van der Waals surface area contributed by atoms with Crippen LogP contribution in [0.2, 0.25) is 0 Å². The Morgan fingerprint density at radius 3 is 2.95 bits per heavy atom. The van der Waals surface area contributed by atoms with E-state index in [2.05, 4.69) is 28.4 Å². The summed E-state index contributed by atoms with van der Waals surface area (Å²) in [5.74, 6) is 0. The fourth-order valence-corrected chi connectivity index (χ4v) is 3.13. The Morgan fingerprint density at radius 1 is 1.38 bits per heavy atom. The van der Waals surface area contributed by atoms with E-state index < -0.39 is 0 Å². The molecule has 3 aromatic heterocycles. The minimum Gasteiger partial charge on any atom is -0.322 e. The van der Waals surface area contributed by atoms with Crippen molar-refractivity contribution in [1.29, 1.82) is 5.26 Å². The molecule has 3 heterocycles. The van der Waals surface area contributed by atoms with Gasteiger partial charge in [-0.25, -0.2) is 4.98 Å². The van der Waals surface area contributed by atoms with E-state index in [0.29, 0.717) is 0 Å². The summed E-state index contributed by atoms with van der Waals surface area (Å²) >= 11 is 1.67. The maximum atomic E-state index is 9.42. The fraction of sp³-hybridized carbons (Fsp3) is 0.250. The molecule has 0 bridgehead atoms. The quantitative estimate of drug-likeness (QED) is 0.742. The van der Waals surface area contributed by atoms with Crippen molar-refractivity contribution in [3.05, 3.63) is 57.8 Å². The molecule has 4 nitrogen and oxygen atoms in total. The Kier molecular flexibility index (Phi) is 3.74. The van der Waals surface area contributed by atoms with Gasteiger partial charge < -0.3 is 4.40 Å². The number of aromatic nitrogens is 2. The van der Waals surface area contributed by atoms with Crippen molar-refractivity contribution in [2.75, 3.05) is 7.05 Å². The van der Waals surface area contributed by atoms with Gasteiger partial charge >= 0.3 is 0 Å². The lowest BCUT2D eigenvalue weighted by Crippen LogP contribution is -2.17. The van der Waals surface area contributed by atoms with E-state index in [-0.39, 0.29) is 0 Å². The minimum absolute atomic E-state index is 0.737. The number of nitriles is 1. The second-order valence-electron chi connectivity index (χ2n) is 5.16. The van der Waals surface area contributed by atoms with E-state index in [0.717, 1.165) is 40.4 Å². The van der Waals surface area contributed by atoms with E-state index in [9.17, 15) is 5.26 Å². The van der Waals surface area contributed by atoms with Gasteiger partial charge in [0.2, 0.25) is 0 Å². The van der Waals surface area contributed by atoms with Crippen LogP contribution in [-0.4, -0.2) is 21.3 Å². The molecule has 0 amide bonds. The van der Waals surface area contributed by atoms with Gasteiger partial charge in [0.05, 0.1) is 21.8 Å². The zero-order valence-electron chi connectivity index (χ0n) is 12.1. The van der Waals surface area contributed by atoms with Crippen LogP contribution in [0.1, 0.15) is 21.8 Å². The Balaban J connectivity index is 1.82. The van der Waals surface area contributed by atoms with E-state index in [1.54, 1.807) is 11.3 Å². The van der Waals surface area contributed by atoms with Crippen molar-refractivity contribution in [1.82, 2.24) is 14.3 Å². The van der Waals surface area contributed by atoms with Crippen molar-refractivity contribution >= 4 is 16.9 Å². The molecule has 0 N–H and O–H groups in total. The number of rotatable bonds is 4. The standard InChI is InChI=1S/C16H16N4S/c1-12-18-14(11-21-12)10-19(2)8-13-9-20-6-4-3-5-16(20)15(13)7-17/h3-6,9,11H,8,10H2,1-2H3. The van der Waals surface area contributed by atoms with Crippen LogP contribution in [0.15, 0.2) is 36.0 Å². The molecule has 5 heteroatoms. The zero-order valence-corrected chi connectivity index (χ0v) is 12.9. The van der Waals surface area contributed by atoms with Crippen LogP contribution in [0.3, 0.4) is 0 Å². The highest BCUT2D eigenvalue weighted by Gasteiger charge is 2.12. The van der Waals surface area contributed by atoms with Crippen molar-refractivity contribution in [3.8, 4) is 6.07 Å². The number of aryl methyl sites for hydroxylation is 1. The third-order valence-electron chi connectivity index (χ3n) is 3.41. The van der Waals surface area contributed by atoms with E-state index in [1.165, 1.54) is 0 Å². The van der Waals surface area contributed by atoms with Gasteiger partial charge in [-0.1, -0.05) is 6.07 Å². The SMILES string of the molecule is Cc1nc(CN(C)Cc2cn3ccccc3c2C#N)cs1. The van der Waals surface area contributed by atoms with Gasteiger partial charge in [-0.05, 0) is 26.1 Å². The molecular formula is C16H16N4S. The van der Waals surface area contributed by atoms with Crippen LogP contribution >= 0.6 is 11.3 Å². The van der Waals surface area contributed by atoms with Crippen LogP contribution in [-0.2, 0) is 13.1 Å². The number of hydrogen-bond donors (Lipinski definition) is 0. The Morgan fingerprint density at radius 2 is 2.24 bits per heavy atom. The van der Waals surface area contributed by atoms with Crippen molar-refractivity contribution in [2.45, 2.75) is 20.0 Å². The number of hydrogen-bond acceptors (Lipinski definition) is 4. The predicted molar refractivity (Wildman–Crippen MR) is 84.1 cm³/mol. The summed E-state index contributed by atoms with van der Waals surface area (Å²) in [6.07, 6.45) is 4.01. The van der Waals surface area contributed by atoms with E-state index in [1.807, 2.05) is 41.9 Å². The number of fused-ring (bicyclic) bond motifs is 1. The maximum absolute atomic E-state index is 9.42. The molecule has 0 atom stereocenters. The summed E-state index contributed by atoms with van der Waals surface area (Å²) < 4.78 is 2.01. The van der Waals surface area contributed by atoms with Crippen molar-refractivity contribution < 1.29 is 0 Å². The fourth-order valence-electron chi connectivity index (χ4n) is 2.53. The molecule has 0 spiro atoms. The van der Waals surface area contributed by atoms with Crippen LogP contribution < -0.4 is 0 Å². The van der Waals surface area contributed by atoms with Gasteiger partial charge in [0.15, 0.2) is 0 Å². The third kappa shape index (κ3) is 2.82. The first-order valence-electron chi connectivity index (χ1n) is 6.75. The van der Waals surface area contributed by atoms with Gasteiger partial charge in [0, 0.05) is 36.4 Å². The lowest BCUT2D eigenvalue weighted by molar-refractivity contribution is 0.315. The normalized spacial score (nSPS) is 11.1. The molecule has 21 heavy (non-hydrogen) atoms. The zero-order chi connectivity index (χ0) is 14.8. The second-order valence-corrected chi connectivity index (χ2v) is 6.23. The first-order chi connectivity index (χ1) is 10.2. The smallest absolute Gasteiger partial charge is 0.102 e. The molecule has 0 aromatic carbocycles. The van der Waals surface area contributed by atoms with Crippen LogP contribution in [0.5, 0.6) is 0 Å². The van der Waals surface area contributed by atoms with Crippen molar-refractivity contribution in [2.24, 2.45) is 0 Å². The lowest BCUT2D eigenvalue weighted by atomic mass is 10.1. The summed E-state index contributed by atoms with van der Waals surface area (Å²) in [4.78, 5) is 6.67. The summed E-state index contributed by atoms with van der Waals surface area (Å²) in [7, 11) is 2.05. The van der Waals surface area contributed by atoms with Gasteiger partial charge in [-0.2, -0.15) is 5.26 Å². The maximum Gasteiger partial charge on any atom is 0.102 e. The number of pyridine rings is 1. The molecule has 3 rings (SSSR count). The van der Waals surface area contributed by atoms with E-state index >= 15 is 0 Å². The van der Waals surface area contributed by atoms with Gasteiger partial charge in [0.25, 0.3) is 0 Å². The molecule has 0 unspecified atom stereocenters. The first kappa shape index (κ1) is 13.8. The molecule has 0 radical (unpaired) electrons. The van der Waals surface area contributed by atoms with Crippen LogP contribution in [0.25, 0.3) is 5.52 Å². The summed E-state index contributed by atoms with van der Waals surface area (Å²) in [5.41, 5.74) is 3.87. The average Bonchev–Trinajstić information content (AvgIpc) is 3.01. The van der Waals surface area contributed by atoms with Crippen LogP contribution in [0.4, 0.5) is 0 Å². The largest absolute Gasteiger partial charge is 0.322 e. The molecule has 0 aliphatic rings. The highest BCUT2D eigenvalue weighted by Crippen LogP contribution is 2.20. The summed E-state index contributed by atoms with van der Waals surface area (Å²) in [6, 6.07) is 8.24. The lowest BCUT2D eigenvalue weighted by Gasteiger charge is -2.14. The molecule has 3 aromatic rings. The molecule has 0 saturated carbocycles. The molecule has 0 aliphatic carbocycles. The highest BCUT2D eigenvalue weighted by molar-refractivity contribution is 7.09.